The molecule has 0 fully saturated rings. The molecule has 6 heteroatoms. The maximum absolute atomic E-state index is 11.6. The molecule has 0 radical (unpaired) electrons. The summed E-state index contributed by atoms with van der Waals surface area (Å²) in [4.78, 5) is 0. The lowest BCUT2D eigenvalue weighted by atomic mass is 10.1. The second kappa shape index (κ2) is 5.84. The van der Waals surface area contributed by atoms with E-state index in [2.05, 4.69) is 4.72 Å². The summed E-state index contributed by atoms with van der Waals surface area (Å²) in [6, 6.07) is 6.87. The summed E-state index contributed by atoms with van der Waals surface area (Å²) in [5.41, 5.74) is 5.88. The van der Waals surface area contributed by atoms with Crippen LogP contribution in [0.25, 0.3) is 6.08 Å². The average molecular weight is 289 g/mol. The van der Waals surface area contributed by atoms with Crippen molar-refractivity contribution in [3.05, 3.63) is 40.3 Å². The van der Waals surface area contributed by atoms with Crippen molar-refractivity contribution in [2.24, 2.45) is 5.73 Å². The fraction of sp³-hybridized carbons (Fsp3) is 0.333. The van der Waals surface area contributed by atoms with E-state index in [4.69, 9.17) is 17.3 Å². The number of hydrogen-bond donors (Lipinski definition) is 2. The molecule has 0 saturated carbocycles. The number of nitrogens with one attached hydrogen (secondary N) is 1. The molecule has 1 rings (SSSR count). The van der Waals surface area contributed by atoms with Gasteiger partial charge in [-0.15, -0.1) is 0 Å². The Morgan fingerprint density at radius 2 is 1.89 bits per heavy atom. The van der Waals surface area contributed by atoms with Crippen LogP contribution in [0.5, 0.6) is 0 Å². The van der Waals surface area contributed by atoms with E-state index < -0.39 is 15.6 Å². The van der Waals surface area contributed by atoms with Crippen molar-refractivity contribution in [2.75, 3.05) is 6.54 Å². The number of sulfonamides is 1. The number of hydrogen-bond acceptors (Lipinski definition) is 3. The summed E-state index contributed by atoms with van der Waals surface area (Å²) in [6.45, 7) is 3.68. The van der Waals surface area contributed by atoms with Gasteiger partial charge in [-0.05, 0) is 37.6 Å². The van der Waals surface area contributed by atoms with E-state index in [0.29, 0.717) is 5.02 Å². The molecule has 0 aliphatic carbocycles. The highest BCUT2D eigenvalue weighted by atomic mass is 35.5. The third kappa shape index (κ3) is 6.16. The third-order valence-electron chi connectivity index (χ3n) is 2.04. The number of benzene rings is 1. The minimum Gasteiger partial charge on any atom is -0.324 e. The second-order valence-electron chi connectivity index (χ2n) is 4.71. The van der Waals surface area contributed by atoms with Crippen LogP contribution in [0.4, 0.5) is 0 Å². The van der Waals surface area contributed by atoms with Crippen molar-refractivity contribution in [1.82, 2.24) is 4.72 Å². The van der Waals surface area contributed by atoms with Gasteiger partial charge in [-0.25, -0.2) is 13.1 Å². The van der Waals surface area contributed by atoms with E-state index in [1.54, 1.807) is 38.1 Å². The van der Waals surface area contributed by atoms with Crippen LogP contribution < -0.4 is 10.5 Å². The van der Waals surface area contributed by atoms with Crippen molar-refractivity contribution in [3.63, 3.8) is 0 Å². The quantitative estimate of drug-likeness (QED) is 0.870. The zero-order chi connectivity index (χ0) is 13.8. The van der Waals surface area contributed by atoms with Crippen LogP contribution in [0.2, 0.25) is 5.02 Å². The normalized spacial score (nSPS) is 13.1. The molecular formula is C12H17ClN2O2S. The smallest absolute Gasteiger partial charge is 0.233 e. The topological polar surface area (TPSA) is 72.2 Å². The predicted molar refractivity (Wildman–Crippen MR) is 75.7 cm³/mol. The molecule has 100 valence electrons. The summed E-state index contributed by atoms with van der Waals surface area (Å²) >= 11 is 5.73. The maximum Gasteiger partial charge on any atom is 0.233 e. The Morgan fingerprint density at radius 3 is 2.39 bits per heavy atom. The van der Waals surface area contributed by atoms with Crippen molar-refractivity contribution in [3.8, 4) is 0 Å². The van der Waals surface area contributed by atoms with Crippen molar-refractivity contribution >= 4 is 27.7 Å². The summed E-state index contributed by atoms with van der Waals surface area (Å²) in [5, 5.41) is 1.72. The average Bonchev–Trinajstić information content (AvgIpc) is 2.25. The molecule has 0 heterocycles. The van der Waals surface area contributed by atoms with Crippen LogP contribution in [0.1, 0.15) is 19.4 Å². The van der Waals surface area contributed by atoms with Crippen molar-refractivity contribution in [1.29, 1.82) is 0 Å². The van der Waals surface area contributed by atoms with Gasteiger partial charge >= 0.3 is 0 Å². The Labute approximate surface area is 113 Å². The molecular weight excluding hydrogens is 272 g/mol. The lowest BCUT2D eigenvalue weighted by Crippen LogP contribution is -2.44. The van der Waals surface area contributed by atoms with Gasteiger partial charge < -0.3 is 5.73 Å². The van der Waals surface area contributed by atoms with Gasteiger partial charge in [0.1, 0.15) is 0 Å². The van der Waals surface area contributed by atoms with Gasteiger partial charge in [0.2, 0.25) is 10.0 Å². The molecule has 3 N–H and O–H groups in total. The second-order valence-corrected chi connectivity index (χ2v) is 6.80. The molecule has 4 nitrogen and oxygen atoms in total. The van der Waals surface area contributed by atoms with Gasteiger partial charge in [0.05, 0.1) is 0 Å². The van der Waals surface area contributed by atoms with E-state index in [1.807, 2.05) is 0 Å². The Hall–Kier alpha value is -0.880. The predicted octanol–water partition coefficient (Wildman–Crippen LogP) is 1.97. The van der Waals surface area contributed by atoms with Gasteiger partial charge in [0.25, 0.3) is 0 Å². The number of rotatable bonds is 5. The molecule has 0 aromatic heterocycles. The fourth-order valence-corrected chi connectivity index (χ4v) is 2.21. The first kappa shape index (κ1) is 15.2. The van der Waals surface area contributed by atoms with Crippen molar-refractivity contribution in [2.45, 2.75) is 19.4 Å². The molecule has 1 aromatic rings. The first-order valence-electron chi connectivity index (χ1n) is 5.40. The van der Waals surface area contributed by atoms with E-state index in [9.17, 15) is 8.42 Å². The molecule has 0 aliphatic rings. The number of halogens is 1. The van der Waals surface area contributed by atoms with Gasteiger partial charge in [-0.2, -0.15) is 0 Å². The lowest BCUT2D eigenvalue weighted by molar-refractivity contribution is 0.500. The highest BCUT2D eigenvalue weighted by Crippen LogP contribution is 2.11. The van der Waals surface area contributed by atoms with Crippen LogP contribution in [0.3, 0.4) is 0 Å². The molecule has 18 heavy (non-hydrogen) atoms. The largest absolute Gasteiger partial charge is 0.324 e. The first-order valence-corrected chi connectivity index (χ1v) is 7.33. The van der Waals surface area contributed by atoms with E-state index in [1.165, 1.54) is 6.08 Å². The summed E-state index contributed by atoms with van der Waals surface area (Å²) in [5.74, 6) is 0. The molecule has 0 saturated heterocycles. The molecule has 0 unspecified atom stereocenters. The molecule has 0 atom stereocenters. The van der Waals surface area contributed by atoms with Crippen LogP contribution in [-0.2, 0) is 10.0 Å². The van der Waals surface area contributed by atoms with Gasteiger partial charge in [-0.3, -0.25) is 0 Å². The molecule has 0 spiro atoms. The minimum atomic E-state index is -3.47. The standard InChI is InChI=1S/C12H17ClN2O2S/c1-12(2,14)9-15-18(16,17)8-7-10-3-5-11(13)6-4-10/h3-8,15H,9,14H2,1-2H3/b8-7+. The minimum absolute atomic E-state index is 0.181. The van der Waals surface area contributed by atoms with Crippen LogP contribution >= 0.6 is 11.6 Å². The van der Waals surface area contributed by atoms with Gasteiger partial charge in [0.15, 0.2) is 0 Å². The molecule has 0 amide bonds. The monoisotopic (exact) mass is 288 g/mol. The molecule has 0 bridgehead atoms. The summed E-state index contributed by atoms with van der Waals surface area (Å²) in [7, 11) is -3.47. The van der Waals surface area contributed by atoms with Gasteiger partial charge in [-0.1, -0.05) is 23.7 Å². The Morgan fingerprint density at radius 1 is 1.33 bits per heavy atom. The molecule has 1 aromatic carbocycles. The van der Waals surface area contributed by atoms with E-state index >= 15 is 0 Å². The van der Waals surface area contributed by atoms with E-state index in [-0.39, 0.29) is 6.54 Å². The maximum atomic E-state index is 11.6. The highest BCUT2D eigenvalue weighted by Gasteiger charge is 2.14. The number of nitrogens with two attached hydrogens (primary N) is 1. The van der Waals surface area contributed by atoms with Crippen LogP contribution in [0, 0.1) is 0 Å². The fourth-order valence-electron chi connectivity index (χ4n) is 1.08. The van der Waals surface area contributed by atoms with Crippen LogP contribution in [0.15, 0.2) is 29.7 Å². The first-order chi connectivity index (χ1) is 8.18. The Balaban J connectivity index is 2.68. The third-order valence-corrected chi connectivity index (χ3v) is 3.33. The van der Waals surface area contributed by atoms with Crippen LogP contribution in [-0.4, -0.2) is 20.5 Å². The zero-order valence-electron chi connectivity index (χ0n) is 10.4. The Kier molecular flexibility index (Phi) is 4.92. The van der Waals surface area contributed by atoms with Crippen molar-refractivity contribution < 1.29 is 8.42 Å². The summed E-state index contributed by atoms with van der Waals surface area (Å²) in [6.07, 6.45) is 1.50. The van der Waals surface area contributed by atoms with E-state index in [0.717, 1.165) is 11.0 Å². The summed E-state index contributed by atoms with van der Waals surface area (Å²) < 4.78 is 25.7. The highest BCUT2D eigenvalue weighted by molar-refractivity contribution is 7.92. The Bertz CT molecular complexity index is 516. The molecule has 0 aliphatic heterocycles. The lowest BCUT2D eigenvalue weighted by Gasteiger charge is -2.17. The zero-order valence-corrected chi connectivity index (χ0v) is 11.9. The SMILES string of the molecule is CC(C)(N)CNS(=O)(=O)/C=C/c1ccc(Cl)cc1. The van der Waals surface area contributed by atoms with Gasteiger partial charge in [0, 0.05) is 22.5 Å².